The third-order valence-electron chi connectivity index (χ3n) is 4.56. The summed E-state index contributed by atoms with van der Waals surface area (Å²) in [6, 6.07) is 14.6. The van der Waals surface area contributed by atoms with Crippen molar-refractivity contribution in [2.45, 2.75) is 33.7 Å². The fourth-order valence-electron chi connectivity index (χ4n) is 3.05. The third kappa shape index (κ3) is 3.00. The van der Waals surface area contributed by atoms with E-state index in [1.807, 2.05) is 24.4 Å². The number of ether oxygens (including phenoxy) is 1. The van der Waals surface area contributed by atoms with Crippen LogP contribution in [0, 0.1) is 25.2 Å². The average Bonchev–Trinajstić information content (AvgIpc) is 2.96. The lowest BCUT2D eigenvalue weighted by Crippen LogP contribution is -2.08. The Hall–Kier alpha value is -2.73. The molecule has 3 nitrogen and oxygen atoms in total. The van der Waals surface area contributed by atoms with Crippen molar-refractivity contribution in [3.05, 3.63) is 64.8 Å². The van der Waals surface area contributed by atoms with E-state index in [9.17, 15) is 5.26 Å². The van der Waals surface area contributed by atoms with E-state index in [-0.39, 0.29) is 0 Å². The Balaban J connectivity index is 1.82. The molecular weight excluding hydrogens is 296 g/mol. The zero-order valence-corrected chi connectivity index (χ0v) is 14.5. The summed E-state index contributed by atoms with van der Waals surface area (Å²) >= 11 is 0. The van der Waals surface area contributed by atoms with Crippen LogP contribution < -0.4 is 4.74 Å². The first kappa shape index (κ1) is 16.1. The zero-order valence-electron chi connectivity index (χ0n) is 14.5. The molecule has 122 valence electrons. The van der Waals surface area contributed by atoms with E-state index >= 15 is 0 Å². The molecule has 3 heteroatoms. The highest BCUT2D eigenvalue weighted by atomic mass is 16.5. The number of aromatic nitrogens is 1. The van der Waals surface area contributed by atoms with Gasteiger partial charge in [0, 0.05) is 11.6 Å². The fourth-order valence-corrected chi connectivity index (χ4v) is 3.05. The highest BCUT2D eigenvalue weighted by molar-refractivity contribution is 5.89. The summed E-state index contributed by atoms with van der Waals surface area (Å²) in [5.41, 5.74) is 5.65. The maximum absolute atomic E-state index is 9.38. The lowest BCUT2D eigenvalue weighted by atomic mass is 10.1. The van der Waals surface area contributed by atoms with Crippen LogP contribution in [0.3, 0.4) is 0 Å². The predicted molar refractivity (Wildman–Crippen MR) is 97.4 cm³/mol. The number of nitrogens with zero attached hydrogens (tertiary/aromatic N) is 2. The van der Waals surface area contributed by atoms with Crippen LogP contribution in [0.15, 0.2) is 42.6 Å². The maximum atomic E-state index is 9.38. The molecule has 0 radical (unpaired) electrons. The minimum absolute atomic E-state index is 0.579. The van der Waals surface area contributed by atoms with E-state index < -0.39 is 0 Å². The summed E-state index contributed by atoms with van der Waals surface area (Å²) in [5, 5.41) is 10.4. The van der Waals surface area contributed by atoms with Gasteiger partial charge in [0.05, 0.1) is 17.6 Å². The first-order valence-corrected chi connectivity index (χ1v) is 8.35. The van der Waals surface area contributed by atoms with Crippen molar-refractivity contribution in [2.75, 3.05) is 6.61 Å². The van der Waals surface area contributed by atoms with Gasteiger partial charge in [0.15, 0.2) is 0 Å². The van der Waals surface area contributed by atoms with Gasteiger partial charge in [0.2, 0.25) is 0 Å². The second-order valence-electron chi connectivity index (χ2n) is 6.11. The molecule has 0 atom stereocenters. The molecule has 0 unspecified atom stereocenters. The first-order chi connectivity index (χ1) is 11.6. The van der Waals surface area contributed by atoms with Crippen LogP contribution in [-0.4, -0.2) is 11.2 Å². The van der Waals surface area contributed by atoms with Crippen LogP contribution in [0.25, 0.3) is 10.9 Å². The van der Waals surface area contributed by atoms with Gasteiger partial charge < -0.3 is 9.30 Å². The minimum Gasteiger partial charge on any atom is -0.492 e. The van der Waals surface area contributed by atoms with Crippen LogP contribution >= 0.6 is 0 Å². The average molecular weight is 318 g/mol. The number of rotatable bonds is 5. The molecule has 1 heterocycles. The topological polar surface area (TPSA) is 38.0 Å². The van der Waals surface area contributed by atoms with E-state index in [1.54, 1.807) is 0 Å². The number of aryl methyl sites for hydroxylation is 3. The van der Waals surface area contributed by atoms with E-state index in [4.69, 9.17) is 4.74 Å². The van der Waals surface area contributed by atoms with Crippen LogP contribution in [0.2, 0.25) is 0 Å². The van der Waals surface area contributed by atoms with Gasteiger partial charge in [-0.05, 0) is 49.1 Å². The Bertz CT molecular complexity index is 915. The molecule has 3 rings (SSSR count). The molecule has 0 spiro atoms. The number of para-hydroxylation sites is 1. The minimum atomic E-state index is 0.579. The number of hydrogen-bond donors (Lipinski definition) is 0. The summed E-state index contributed by atoms with van der Waals surface area (Å²) in [7, 11) is 0. The summed E-state index contributed by atoms with van der Waals surface area (Å²) in [4.78, 5) is 0. The zero-order chi connectivity index (χ0) is 17.1. The predicted octanol–water partition coefficient (Wildman–Crippen LogP) is 4.77. The SMILES string of the molecule is CCc1cccc2c(C#N)cn(CCOc3ccc(C)c(C)c3)c12. The van der Waals surface area contributed by atoms with Crippen molar-refractivity contribution in [2.24, 2.45) is 0 Å². The molecule has 0 bridgehead atoms. The standard InChI is InChI=1S/C21H22N2O/c1-4-17-6-5-7-20-18(13-22)14-23(21(17)20)10-11-24-19-9-8-15(2)16(3)12-19/h5-9,12,14H,4,10-11H2,1-3H3. The van der Waals surface area contributed by atoms with Crippen LogP contribution in [0.1, 0.15) is 29.2 Å². The van der Waals surface area contributed by atoms with E-state index in [0.29, 0.717) is 6.61 Å². The molecule has 3 aromatic rings. The maximum Gasteiger partial charge on any atom is 0.119 e. The van der Waals surface area contributed by atoms with E-state index in [2.05, 4.69) is 49.6 Å². The van der Waals surface area contributed by atoms with Crippen molar-refractivity contribution in [3.63, 3.8) is 0 Å². The van der Waals surface area contributed by atoms with Gasteiger partial charge in [0.25, 0.3) is 0 Å². The highest BCUT2D eigenvalue weighted by Gasteiger charge is 2.11. The molecule has 0 aliphatic heterocycles. The van der Waals surface area contributed by atoms with Crippen molar-refractivity contribution in [1.82, 2.24) is 4.57 Å². The van der Waals surface area contributed by atoms with Crippen LogP contribution in [0.5, 0.6) is 5.75 Å². The Morgan fingerprint density at radius 3 is 2.67 bits per heavy atom. The van der Waals surface area contributed by atoms with Gasteiger partial charge in [-0.3, -0.25) is 0 Å². The van der Waals surface area contributed by atoms with Crippen LogP contribution in [-0.2, 0) is 13.0 Å². The summed E-state index contributed by atoms with van der Waals surface area (Å²) in [6.07, 6.45) is 2.89. The molecule has 0 fully saturated rings. The monoisotopic (exact) mass is 318 g/mol. The quantitative estimate of drug-likeness (QED) is 0.679. The fraction of sp³-hybridized carbons (Fsp3) is 0.286. The van der Waals surface area contributed by atoms with Crippen LogP contribution in [0.4, 0.5) is 0 Å². The molecule has 0 saturated heterocycles. The number of benzene rings is 2. The lowest BCUT2D eigenvalue weighted by molar-refractivity contribution is 0.300. The highest BCUT2D eigenvalue weighted by Crippen LogP contribution is 2.25. The molecule has 2 aromatic carbocycles. The van der Waals surface area contributed by atoms with Crippen molar-refractivity contribution in [3.8, 4) is 11.8 Å². The molecule has 0 amide bonds. The third-order valence-corrected chi connectivity index (χ3v) is 4.56. The second kappa shape index (κ2) is 6.80. The van der Waals surface area contributed by atoms with Gasteiger partial charge in [-0.1, -0.05) is 31.2 Å². The lowest BCUT2D eigenvalue weighted by Gasteiger charge is -2.11. The van der Waals surface area contributed by atoms with E-state index in [0.717, 1.165) is 35.2 Å². The van der Waals surface area contributed by atoms with Gasteiger partial charge >= 0.3 is 0 Å². The Kier molecular flexibility index (Phi) is 4.57. The Morgan fingerprint density at radius 2 is 1.96 bits per heavy atom. The summed E-state index contributed by atoms with van der Waals surface area (Å²) in [5.74, 6) is 0.894. The molecule has 0 aliphatic rings. The van der Waals surface area contributed by atoms with E-state index in [1.165, 1.54) is 16.7 Å². The number of nitriles is 1. The van der Waals surface area contributed by atoms with Gasteiger partial charge in [-0.2, -0.15) is 5.26 Å². The summed E-state index contributed by atoms with van der Waals surface area (Å²) in [6.45, 7) is 7.64. The van der Waals surface area contributed by atoms with Gasteiger partial charge in [-0.25, -0.2) is 0 Å². The Morgan fingerprint density at radius 1 is 1.12 bits per heavy atom. The van der Waals surface area contributed by atoms with Crippen molar-refractivity contribution in [1.29, 1.82) is 5.26 Å². The second-order valence-corrected chi connectivity index (χ2v) is 6.11. The Labute approximate surface area is 143 Å². The molecule has 1 aromatic heterocycles. The largest absolute Gasteiger partial charge is 0.492 e. The molecular formula is C21H22N2O. The molecule has 0 N–H and O–H groups in total. The smallest absolute Gasteiger partial charge is 0.119 e. The van der Waals surface area contributed by atoms with Gasteiger partial charge in [0.1, 0.15) is 18.4 Å². The molecule has 0 saturated carbocycles. The normalized spacial score (nSPS) is 10.8. The first-order valence-electron chi connectivity index (χ1n) is 8.35. The molecule has 24 heavy (non-hydrogen) atoms. The number of fused-ring (bicyclic) bond motifs is 1. The van der Waals surface area contributed by atoms with Gasteiger partial charge in [-0.15, -0.1) is 0 Å². The number of hydrogen-bond acceptors (Lipinski definition) is 2. The van der Waals surface area contributed by atoms with Crippen molar-refractivity contribution >= 4 is 10.9 Å². The summed E-state index contributed by atoms with van der Waals surface area (Å²) < 4.78 is 8.05. The molecule has 0 aliphatic carbocycles. The van der Waals surface area contributed by atoms with Crippen molar-refractivity contribution < 1.29 is 4.74 Å².